The Morgan fingerprint density at radius 1 is 1.03 bits per heavy atom. The molecule has 0 saturated heterocycles. The fourth-order valence-corrected chi connectivity index (χ4v) is 6.65. The first-order chi connectivity index (χ1) is 13.9. The van der Waals surface area contributed by atoms with Gasteiger partial charge in [0.15, 0.2) is 0 Å². The molecular formula is C18H16Cl4N2O6. The number of nitrogens with one attached hydrogen (secondary N) is 1. The number of Topliss-reactive ketones (excluding diaryl/α,β-unsaturated/α-hetero) is 1. The third kappa shape index (κ3) is 2.68. The Hall–Kier alpha value is -1.42. The summed E-state index contributed by atoms with van der Waals surface area (Å²) in [6, 6.07) is 5.12. The van der Waals surface area contributed by atoms with Gasteiger partial charge in [-0.05, 0) is 19.1 Å². The van der Waals surface area contributed by atoms with Crippen LogP contribution in [-0.2, 0) is 19.1 Å². The quantitative estimate of drug-likeness (QED) is 0.275. The van der Waals surface area contributed by atoms with Crippen molar-refractivity contribution >= 4 is 69.5 Å². The molecule has 30 heavy (non-hydrogen) atoms. The van der Waals surface area contributed by atoms with E-state index in [4.69, 9.17) is 55.9 Å². The summed E-state index contributed by atoms with van der Waals surface area (Å²) in [5.41, 5.74) is 0.0878. The number of nitrogens with zero attached hydrogens (tertiary/aromatic N) is 1. The molecule has 1 N–H and O–H groups in total. The van der Waals surface area contributed by atoms with Crippen molar-refractivity contribution in [1.29, 1.82) is 0 Å². The van der Waals surface area contributed by atoms with Crippen molar-refractivity contribution in [2.75, 3.05) is 19.5 Å². The lowest BCUT2D eigenvalue weighted by Crippen LogP contribution is -2.58. The third-order valence-corrected chi connectivity index (χ3v) is 8.23. The second kappa shape index (κ2) is 7.62. The Balaban J connectivity index is 2.10. The molecule has 1 fully saturated rings. The van der Waals surface area contributed by atoms with Crippen molar-refractivity contribution in [3.05, 3.63) is 44.4 Å². The van der Waals surface area contributed by atoms with Gasteiger partial charge >= 0.3 is 0 Å². The van der Waals surface area contributed by atoms with Crippen LogP contribution in [0.3, 0.4) is 0 Å². The number of halogens is 4. The molecule has 0 heterocycles. The van der Waals surface area contributed by atoms with Crippen molar-refractivity contribution < 1.29 is 24.0 Å². The van der Waals surface area contributed by atoms with Gasteiger partial charge in [-0.15, -0.1) is 23.2 Å². The number of hydrogen-bond donors (Lipinski definition) is 1. The molecule has 12 heteroatoms. The molecule has 0 aromatic heterocycles. The number of rotatable bonds is 6. The number of methoxy groups -OCH3 is 2. The van der Waals surface area contributed by atoms with Crippen LogP contribution in [0.5, 0.6) is 0 Å². The van der Waals surface area contributed by atoms with Crippen LogP contribution in [0.2, 0.25) is 0 Å². The van der Waals surface area contributed by atoms with Gasteiger partial charge in [0.2, 0.25) is 11.7 Å². The highest BCUT2D eigenvalue weighted by Crippen LogP contribution is 2.74. The minimum atomic E-state index is -1.91. The molecule has 4 atom stereocenters. The number of anilines is 1. The monoisotopic (exact) mass is 496 g/mol. The van der Waals surface area contributed by atoms with Crippen LogP contribution in [0.4, 0.5) is 11.4 Å². The van der Waals surface area contributed by atoms with E-state index >= 15 is 0 Å². The summed E-state index contributed by atoms with van der Waals surface area (Å²) in [5.74, 6) is -5.64. The number of nitro groups is 1. The number of ketones is 1. The average Bonchev–Trinajstić information content (AvgIpc) is 2.96. The molecule has 1 aromatic rings. The Morgan fingerprint density at radius 2 is 1.50 bits per heavy atom. The zero-order valence-corrected chi connectivity index (χ0v) is 18.9. The predicted molar refractivity (Wildman–Crippen MR) is 112 cm³/mol. The van der Waals surface area contributed by atoms with E-state index in [2.05, 4.69) is 5.32 Å². The fraction of sp³-hybridized carbons (Fsp3) is 0.444. The fourth-order valence-electron chi connectivity index (χ4n) is 4.43. The van der Waals surface area contributed by atoms with Crippen LogP contribution < -0.4 is 5.32 Å². The number of fused-ring (bicyclic) bond motifs is 2. The molecule has 0 unspecified atom stereocenters. The molecule has 1 saturated carbocycles. The Kier molecular flexibility index (Phi) is 5.90. The Morgan fingerprint density at radius 3 is 1.90 bits per heavy atom. The van der Waals surface area contributed by atoms with Crippen molar-refractivity contribution in [1.82, 2.24) is 0 Å². The van der Waals surface area contributed by atoms with Gasteiger partial charge in [0.05, 0.1) is 26.8 Å². The van der Waals surface area contributed by atoms with Gasteiger partial charge < -0.3 is 14.8 Å². The molecule has 162 valence electrons. The van der Waals surface area contributed by atoms with Gasteiger partial charge in [0.25, 0.3) is 5.69 Å². The summed E-state index contributed by atoms with van der Waals surface area (Å²) in [6.45, 7) is 1.25. The van der Waals surface area contributed by atoms with Gasteiger partial charge in [-0.25, -0.2) is 0 Å². The number of ether oxygens (including phenoxy) is 2. The van der Waals surface area contributed by atoms with Crippen LogP contribution in [0.1, 0.15) is 6.92 Å². The van der Waals surface area contributed by atoms with Crippen molar-refractivity contribution in [3.63, 3.8) is 0 Å². The maximum absolute atomic E-state index is 13.3. The van der Waals surface area contributed by atoms with Crippen molar-refractivity contribution in [3.8, 4) is 0 Å². The first-order valence-electron chi connectivity index (χ1n) is 8.54. The maximum Gasteiger partial charge on any atom is 0.269 e. The van der Waals surface area contributed by atoms with E-state index < -0.39 is 44.0 Å². The normalized spacial score (nSPS) is 31.7. The highest BCUT2D eigenvalue weighted by atomic mass is 35.5. The van der Waals surface area contributed by atoms with Crippen LogP contribution in [0.15, 0.2) is 34.3 Å². The van der Waals surface area contributed by atoms with Crippen LogP contribution in [-0.4, -0.2) is 46.4 Å². The number of benzene rings is 1. The molecule has 2 aliphatic carbocycles. The molecule has 2 aliphatic rings. The molecular weight excluding hydrogens is 482 g/mol. The van der Waals surface area contributed by atoms with E-state index in [1.165, 1.54) is 45.4 Å². The second-order valence-corrected chi connectivity index (χ2v) is 8.88. The number of hydrogen-bond acceptors (Lipinski definition) is 6. The van der Waals surface area contributed by atoms with Crippen molar-refractivity contribution in [2.24, 2.45) is 11.8 Å². The van der Waals surface area contributed by atoms with Crippen molar-refractivity contribution in [2.45, 2.75) is 22.5 Å². The van der Waals surface area contributed by atoms with Gasteiger partial charge in [-0.1, -0.05) is 23.2 Å². The molecule has 3 rings (SSSR count). The number of carbonyl (C=O) groups is 2. The summed E-state index contributed by atoms with van der Waals surface area (Å²) >= 11 is 26.5. The van der Waals surface area contributed by atoms with E-state index in [9.17, 15) is 19.7 Å². The minimum absolute atomic E-state index is 0.135. The number of carbonyl (C=O) groups excluding carboxylic acids is 2. The van der Waals surface area contributed by atoms with Crippen LogP contribution >= 0.6 is 46.4 Å². The largest absolute Gasteiger partial charge is 0.350 e. The predicted octanol–water partition coefficient (Wildman–Crippen LogP) is 4.02. The summed E-state index contributed by atoms with van der Waals surface area (Å²) in [4.78, 5) is 32.4. The molecule has 8 nitrogen and oxygen atoms in total. The van der Waals surface area contributed by atoms with Gasteiger partial charge in [0.1, 0.15) is 15.5 Å². The van der Waals surface area contributed by atoms with Crippen LogP contribution in [0.25, 0.3) is 0 Å². The highest BCUT2D eigenvalue weighted by molar-refractivity contribution is 6.53. The molecule has 0 aliphatic heterocycles. The van der Waals surface area contributed by atoms with Gasteiger partial charge in [-0.3, -0.25) is 19.7 Å². The topological polar surface area (TPSA) is 108 Å². The summed E-state index contributed by atoms with van der Waals surface area (Å²) in [5, 5.41) is 13.1. The van der Waals surface area contributed by atoms with Crippen LogP contribution in [0, 0.1) is 22.0 Å². The summed E-state index contributed by atoms with van der Waals surface area (Å²) in [6.07, 6.45) is 0. The van der Waals surface area contributed by atoms with Gasteiger partial charge in [-0.2, -0.15) is 0 Å². The third-order valence-electron chi connectivity index (χ3n) is 5.62. The molecule has 0 spiro atoms. The Labute approximate surface area is 191 Å². The van der Waals surface area contributed by atoms with E-state index in [-0.39, 0.29) is 21.4 Å². The second-order valence-electron chi connectivity index (χ2n) is 6.94. The lowest BCUT2D eigenvalue weighted by atomic mass is 9.79. The number of amides is 1. The minimum Gasteiger partial charge on any atom is -0.350 e. The first kappa shape index (κ1) is 23.2. The average molecular weight is 498 g/mol. The molecule has 2 bridgehead atoms. The zero-order valence-electron chi connectivity index (χ0n) is 15.9. The maximum atomic E-state index is 13.3. The number of nitro benzene ring substituents is 1. The standard InChI is InChI=1S/C18H16Cl4N2O6/c1-8(25)11-12(15(26)23-9-4-6-10(7-5-9)24(27)28)17(22)14(20)13(19)16(11,21)18(17,29-2)30-3/h4-7,11-12H,1-3H3,(H,23,26)/t11-,12-,16-,17-/m0/s1. The van der Waals surface area contributed by atoms with Gasteiger partial charge in [0, 0.05) is 32.0 Å². The number of non-ortho nitro benzene ring substituents is 1. The van der Waals surface area contributed by atoms with E-state index in [0.717, 1.165) is 0 Å². The summed E-state index contributed by atoms with van der Waals surface area (Å²) < 4.78 is 11.1. The van der Waals surface area contributed by atoms with E-state index in [1.807, 2.05) is 0 Å². The molecule has 1 aromatic carbocycles. The molecule has 1 amide bonds. The lowest BCUT2D eigenvalue weighted by Gasteiger charge is -2.41. The lowest BCUT2D eigenvalue weighted by molar-refractivity contribution is -0.384. The van der Waals surface area contributed by atoms with E-state index in [1.54, 1.807) is 0 Å². The molecule has 0 radical (unpaired) electrons. The highest BCUT2D eigenvalue weighted by Gasteiger charge is 2.86. The van der Waals surface area contributed by atoms with E-state index in [0.29, 0.717) is 0 Å². The summed E-state index contributed by atoms with van der Waals surface area (Å²) in [7, 11) is 2.51. The number of alkyl halides is 2. The Bertz CT molecular complexity index is 964. The smallest absolute Gasteiger partial charge is 0.269 e. The first-order valence-corrected chi connectivity index (χ1v) is 10.0. The SMILES string of the molecule is COC1(OC)[C@@]2(Cl)C(Cl)=C(Cl)[C@@]1(Cl)[C@@H](C(C)=O)[C@H]2C(=O)Nc1ccc([N+](=O)[O-])cc1. The zero-order chi connectivity index (χ0) is 22.6.